The van der Waals surface area contributed by atoms with Crippen molar-refractivity contribution in [2.75, 3.05) is 39.3 Å². The van der Waals surface area contributed by atoms with E-state index in [1.165, 1.54) is 22.5 Å². The first-order chi connectivity index (χ1) is 12.3. The van der Waals surface area contributed by atoms with Crippen LogP contribution in [0.3, 0.4) is 0 Å². The van der Waals surface area contributed by atoms with Crippen LogP contribution in [0.2, 0.25) is 0 Å². The van der Waals surface area contributed by atoms with Gasteiger partial charge in [0.05, 0.1) is 17.1 Å². The van der Waals surface area contributed by atoms with Crippen LogP contribution in [0.25, 0.3) is 0 Å². The Morgan fingerprint density at radius 3 is 2.42 bits per heavy atom. The van der Waals surface area contributed by atoms with Crippen LogP contribution in [-0.2, 0) is 10.0 Å². The number of likely N-dealkylation sites (N-methyl/N-ethyl adjacent to an activating group) is 1. The number of nitrogens with zero attached hydrogens (tertiary/aromatic N) is 2. The van der Waals surface area contributed by atoms with E-state index in [1.807, 2.05) is 0 Å². The molecule has 0 aromatic heterocycles. The lowest BCUT2D eigenvalue weighted by atomic mass is 10.1. The first kappa shape index (κ1) is 20.7. The molecule has 1 heterocycles. The van der Waals surface area contributed by atoms with Gasteiger partial charge in [-0.15, -0.1) is 0 Å². The molecular weight excluding hydrogens is 354 g/mol. The summed E-state index contributed by atoms with van der Waals surface area (Å²) in [5.41, 5.74) is 5.54. The van der Waals surface area contributed by atoms with Crippen LogP contribution in [-0.4, -0.2) is 62.9 Å². The summed E-state index contributed by atoms with van der Waals surface area (Å²) in [6.07, 6.45) is 0.833. The van der Waals surface area contributed by atoms with E-state index < -0.39 is 15.9 Å². The second-order valence-corrected chi connectivity index (χ2v) is 8.83. The lowest BCUT2D eigenvalue weighted by Gasteiger charge is -2.33. The number of rotatable bonds is 8. The number of ether oxygens (including phenoxy) is 1. The zero-order valence-corrected chi connectivity index (χ0v) is 16.6. The molecule has 1 aromatic rings. The Balaban J connectivity index is 2.21. The molecule has 0 unspecified atom stereocenters. The van der Waals surface area contributed by atoms with Gasteiger partial charge in [0.15, 0.2) is 0 Å². The fraction of sp³-hybridized carbons (Fsp3) is 0.611. The van der Waals surface area contributed by atoms with Gasteiger partial charge in [-0.05, 0) is 37.1 Å². The molecule has 8 heteroatoms. The molecule has 26 heavy (non-hydrogen) atoms. The predicted octanol–water partition coefficient (Wildman–Crippen LogP) is 1.54. The van der Waals surface area contributed by atoms with Crippen LogP contribution >= 0.6 is 0 Å². The molecule has 0 saturated carbocycles. The Kier molecular flexibility index (Phi) is 7.02. The Bertz CT molecular complexity index is 726. The SMILES string of the molecule is CCN1CCN(S(=O)(=O)c2ccc(OCCC(C)C)c(C(N)=O)c2)CC1. The maximum Gasteiger partial charge on any atom is 0.252 e. The average molecular weight is 384 g/mol. The normalized spacial score (nSPS) is 16.8. The van der Waals surface area contributed by atoms with Gasteiger partial charge < -0.3 is 15.4 Å². The highest BCUT2D eigenvalue weighted by molar-refractivity contribution is 7.89. The molecule has 1 saturated heterocycles. The Hall–Kier alpha value is -1.64. The lowest BCUT2D eigenvalue weighted by molar-refractivity contribution is 0.0996. The van der Waals surface area contributed by atoms with Crippen molar-refractivity contribution in [2.24, 2.45) is 11.7 Å². The fourth-order valence-corrected chi connectivity index (χ4v) is 4.28. The molecular formula is C18H29N3O4S. The number of hydrogen-bond acceptors (Lipinski definition) is 5. The summed E-state index contributed by atoms with van der Waals surface area (Å²) < 4.78 is 32.9. The minimum Gasteiger partial charge on any atom is -0.493 e. The average Bonchev–Trinajstić information content (AvgIpc) is 2.61. The maximum atomic E-state index is 12.9. The van der Waals surface area contributed by atoms with Crippen molar-refractivity contribution >= 4 is 15.9 Å². The Morgan fingerprint density at radius 1 is 1.23 bits per heavy atom. The first-order valence-corrected chi connectivity index (χ1v) is 10.5. The van der Waals surface area contributed by atoms with E-state index >= 15 is 0 Å². The Labute approximate surface area is 156 Å². The molecule has 1 aliphatic rings. The third-order valence-corrected chi connectivity index (χ3v) is 6.48. The number of amides is 1. The van der Waals surface area contributed by atoms with E-state index in [-0.39, 0.29) is 10.5 Å². The molecule has 1 aliphatic heterocycles. The molecule has 0 radical (unpaired) electrons. The second kappa shape index (κ2) is 8.83. The zero-order valence-electron chi connectivity index (χ0n) is 15.8. The minimum atomic E-state index is -3.66. The van der Waals surface area contributed by atoms with Gasteiger partial charge >= 0.3 is 0 Å². The van der Waals surface area contributed by atoms with Crippen molar-refractivity contribution in [1.82, 2.24) is 9.21 Å². The van der Waals surface area contributed by atoms with E-state index in [0.29, 0.717) is 44.5 Å². The summed E-state index contributed by atoms with van der Waals surface area (Å²) in [6.45, 7) is 9.85. The standard InChI is InChI=1S/C18H29N3O4S/c1-4-20-8-10-21(11-9-20)26(23,24)15-5-6-17(16(13-15)18(19)22)25-12-7-14(2)3/h5-6,13-14H,4,7-12H2,1-3H3,(H2,19,22). The number of sulfonamides is 1. The van der Waals surface area contributed by atoms with E-state index in [4.69, 9.17) is 10.5 Å². The maximum absolute atomic E-state index is 12.9. The number of hydrogen-bond donors (Lipinski definition) is 1. The van der Waals surface area contributed by atoms with Crippen molar-refractivity contribution in [2.45, 2.75) is 32.1 Å². The van der Waals surface area contributed by atoms with Crippen molar-refractivity contribution < 1.29 is 17.9 Å². The van der Waals surface area contributed by atoms with Gasteiger partial charge in [0, 0.05) is 26.2 Å². The number of benzene rings is 1. The van der Waals surface area contributed by atoms with Gasteiger partial charge in [0.2, 0.25) is 10.0 Å². The highest BCUT2D eigenvalue weighted by Gasteiger charge is 2.29. The molecule has 1 fully saturated rings. The highest BCUT2D eigenvalue weighted by Crippen LogP contribution is 2.25. The molecule has 2 N–H and O–H groups in total. The summed E-state index contributed by atoms with van der Waals surface area (Å²) >= 11 is 0. The van der Waals surface area contributed by atoms with Gasteiger partial charge in [-0.2, -0.15) is 4.31 Å². The van der Waals surface area contributed by atoms with Crippen LogP contribution in [0.4, 0.5) is 0 Å². The predicted molar refractivity (Wildman–Crippen MR) is 101 cm³/mol. The van der Waals surface area contributed by atoms with E-state index in [1.54, 1.807) is 0 Å². The second-order valence-electron chi connectivity index (χ2n) is 6.89. The summed E-state index contributed by atoms with van der Waals surface area (Å²) in [7, 11) is -3.66. The van der Waals surface area contributed by atoms with Crippen LogP contribution in [0.5, 0.6) is 5.75 Å². The topological polar surface area (TPSA) is 92.9 Å². The highest BCUT2D eigenvalue weighted by atomic mass is 32.2. The van der Waals surface area contributed by atoms with Gasteiger partial charge in [-0.3, -0.25) is 4.79 Å². The molecule has 0 spiro atoms. The Morgan fingerprint density at radius 2 is 1.88 bits per heavy atom. The summed E-state index contributed by atoms with van der Waals surface area (Å²) in [4.78, 5) is 14.1. The van der Waals surface area contributed by atoms with Crippen molar-refractivity contribution in [3.63, 3.8) is 0 Å². The van der Waals surface area contributed by atoms with E-state index in [2.05, 4.69) is 25.7 Å². The van der Waals surface area contributed by atoms with Crippen LogP contribution in [0.1, 0.15) is 37.6 Å². The van der Waals surface area contributed by atoms with Gasteiger partial charge in [-0.1, -0.05) is 20.8 Å². The van der Waals surface area contributed by atoms with Crippen LogP contribution in [0, 0.1) is 5.92 Å². The van der Waals surface area contributed by atoms with E-state index in [0.717, 1.165) is 13.0 Å². The third kappa shape index (κ3) is 4.96. The van der Waals surface area contributed by atoms with E-state index in [9.17, 15) is 13.2 Å². The molecule has 7 nitrogen and oxygen atoms in total. The lowest BCUT2D eigenvalue weighted by Crippen LogP contribution is -2.48. The number of piperazine rings is 1. The summed E-state index contributed by atoms with van der Waals surface area (Å²) in [5, 5.41) is 0. The minimum absolute atomic E-state index is 0.0764. The smallest absolute Gasteiger partial charge is 0.252 e. The van der Waals surface area contributed by atoms with Crippen molar-refractivity contribution in [3.8, 4) is 5.75 Å². The van der Waals surface area contributed by atoms with Gasteiger partial charge in [-0.25, -0.2) is 8.42 Å². The zero-order chi connectivity index (χ0) is 19.3. The number of primary amides is 1. The molecule has 0 aliphatic carbocycles. The monoisotopic (exact) mass is 383 g/mol. The van der Waals surface area contributed by atoms with Crippen LogP contribution < -0.4 is 10.5 Å². The molecule has 1 amide bonds. The molecule has 146 valence electrons. The summed E-state index contributed by atoms with van der Waals surface area (Å²) in [6, 6.07) is 4.34. The summed E-state index contributed by atoms with van der Waals surface area (Å²) in [5.74, 6) is 0.0961. The molecule has 0 bridgehead atoms. The molecule has 0 atom stereocenters. The van der Waals surface area contributed by atoms with Gasteiger partial charge in [0.1, 0.15) is 5.75 Å². The van der Waals surface area contributed by atoms with Gasteiger partial charge in [0.25, 0.3) is 5.91 Å². The van der Waals surface area contributed by atoms with Crippen molar-refractivity contribution in [3.05, 3.63) is 23.8 Å². The number of nitrogens with two attached hydrogens (primary N) is 1. The van der Waals surface area contributed by atoms with Crippen LogP contribution in [0.15, 0.2) is 23.1 Å². The quantitative estimate of drug-likeness (QED) is 0.735. The molecule has 2 rings (SSSR count). The largest absolute Gasteiger partial charge is 0.493 e. The number of carbonyl (C=O) groups is 1. The fourth-order valence-electron chi connectivity index (χ4n) is 2.83. The first-order valence-electron chi connectivity index (χ1n) is 9.04. The number of carbonyl (C=O) groups excluding carboxylic acids is 1. The molecule has 1 aromatic carbocycles. The van der Waals surface area contributed by atoms with Crippen molar-refractivity contribution in [1.29, 1.82) is 0 Å². The third-order valence-electron chi connectivity index (χ3n) is 4.59.